The summed E-state index contributed by atoms with van der Waals surface area (Å²) in [5, 5.41) is 3.20. The summed E-state index contributed by atoms with van der Waals surface area (Å²) in [6, 6.07) is 3.39. The molecule has 0 amide bonds. The van der Waals surface area contributed by atoms with Crippen LogP contribution in [0.25, 0.3) is 0 Å². The van der Waals surface area contributed by atoms with Gasteiger partial charge in [0, 0.05) is 13.1 Å². The standard InChI is InChI=1S/C12H14ClFN2O2S/c13-11-3-10(14)1-2-12(11)19(17,18)16-6-8-4-15-5-9(8)7-16/h1-3,8-9,15H,4-7H2/t8-,9+. The summed E-state index contributed by atoms with van der Waals surface area (Å²) in [6.45, 7) is 2.73. The van der Waals surface area contributed by atoms with Gasteiger partial charge in [-0.25, -0.2) is 12.8 Å². The Morgan fingerprint density at radius 3 is 2.47 bits per heavy atom. The second-order valence-electron chi connectivity index (χ2n) is 5.08. The Hall–Kier alpha value is -0.690. The maximum atomic E-state index is 13.0. The predicted molar refractivity (Wildman–Crippen MR) is 70.0 cm³/mol. The molecule has 2 aliphatic rings. The first-order valence-electron chi connectivity index (χ1n) is 6.14. The van der Waals surface area contributed by atoms with Gasteiger partial charge in [-0.15, -0.1) is 0 Å². The van der Waals surface area contributed by atoms with Gasteiger partial charge in [-0.1, -0.05) is 11.6 Å². The first-order valence-corrected chi connectivity index (χ1v) is 7.96. The van der Waals surface area contributed by atoms with Crippen LogP contribution in [0.4, 0.5) is 4.39 Å². The van der Waals surface area contributed by atoms with Crippen LogP contribution < -0.4 is 5.32 Å². The second kappa shape index (κ2) is 4.70. The Kier molecular flexibility index (Phi) is 3.29. The van der Waals surface area contributed by atoms with Gasteiger partial charge >= 0.3 is 0 Å². The van der Waals surface area contributed by atoms with E-state index in [4.69, 9.17) is 11.6 Å². The molecule has 0 aliphatic carbocycles. The van der Waals surface area contributed by atoms with Gasteiger partial charge in [0.05, 0.1) is 5.02 Å². The normalized spacial score (nSPS) is 27.7. The number of fused-ring (bicyclic) bond motifs is 1. The molecule has 1 N–H and O–H groups in total. The molecule has 0 radical (unpaired) electrons. The lowest BCUT2D eigenvalue weighted by Gasteiger charge is -2.18. The first-order chi connectivity index (χ1) is 8.98. The van der Waals surface area contributed by atoms with Crippen LogP contribution in [0.3, 0.4) is 0 Å². The molecular formula is C12H14ClFN2O2S. The van der Waals surface area contributed by atoms with E-state index in [9.17, 15) is 12.8 Å². The Morgan fingerprint density at radius 2 is 1.89 bits per heavy atom. The SMILES string of the molecule is O=S(=O)(c1ccc(F)cc1Cl)N1C[C@H]2CNC[C@H]2C1. The van der Waals surface area contributed by atoms with E-state index < -0.39 is 15.8 Å². The van der Waals surface area contributed by atoms with Gasteiger partial charge < -0.3 is 5.32 Å². The van der Waals surface area contributed by atoms with Crippen LogP contribution in [0.1, 0.15) is 0 Å². The summed E-state index contributed by atoms with van der Waals surface area (Å²) >= 11 is 5.85. The van der Waals surface area contributed by atoms with Crippen molar-refractivity contribution in [2.75, 3.05) is 26.2 Å². The molecule has 104 valence electrons. The van der Waals surface area contributed by atoms with Gasteiger partial charge in [0.1, 0.15) is 10.7 Å². The molecule has 2 saturated heterocycles. The fourth-order valence-corrected chi connectivity index (χ4v) is 4.89. The minimum absolute atomic E-state index is 0.0106. The highest BCUT2D eigenvalue weighted by atomic mass is 35.5. The van der Waals surface area contributed by atoms with Crippen molar-refractivity contribution in [2.24, 2.45) is 11.8 Å². The average molecular weight is 305 g/mol. The maximum absolute atomic E-state index is 13.0. The number of hydrogen-bond acceptors (Lipinski definition) is 3. The van der Waals surface area contributed by atoms with E-state index in [0.717, 1.165) is 25.2 Å². The molecule has 19 heavy (non-hydrogen) atoms. The summed E-state index contributed by atoms with van der Waals surface area (Å²) in [5.74, 6) is 0.203. The largest absolute Gasteiger partial charge is 0.316 e. The van der Waals surface area contributed by atoms with E-state index in [1.807, 2.05) is 0 Å². The molecule has 1 aromatic carbocycles. The number of benzene rings is 1. The zero-order valence-electron chi connectivity index (χ0n) is 10.1. The summed E-state index contributed by atoms with van der Waals surface area (Å²) in [7, 11) is -3.62. The number of nitrogens with zero attached hydrogens (tertiary/aromatic N) is 1. The highest BCUT2D eigenvalue weighted by Gasteiger charge is 2.41. The van der Waals surface area contributed by atoms with Crippen molar-refractivity contribution in [3.8, 4) is 0 Å². The Balaban J connectivity index is 1.91. The zero-order valence-corrected chi connectivity index (χ0v) is 11.7. The smallest absolute Gasteiger partial charge is 0.244 e. The second-order valence-corrected chi connectivity index (χ2v) is 7.39. The van der Waals surface area contributed by atoms with E-state index in [0.29, 0.717) is 24.9 Å². The zero-order chi connectivity index (χ0) is 13.6. The van der Waals surface area contributed by atoms with Crippen LogP contribution in [-0.4, -0.2) is 38.9 Å². The van der Waals surface area contributed by atoms with E-state index in [-0.39, 0.29) is 9.92 Å². The summed E-state index contributed by atoms with van der Waals surface area (Å²) in [4.78, 5) is -0.0106. The molecule has 0 unspecified atom stereocenters. The molecule has 2 fully saturated rings. The van der Waals surface area contributed by atoms with Gasteiger partial charge in [-0.2, -0.15) is 4.31 Å². The van der Waals surface area contributed by atoms with Crippen LogP contribution in [0.2, 0.25) is 5.02 Å². The summed E-state index contributed by atoms with van der Waals surface area (Å²) in [5.41, 5.74) is 0. The maximum Gasteiger partial charge on any atom is 0.244 e. The van der Waals surface area contributed by atoms with Crippen molar-refractivity contribution < 1.29 is 12.8 Å². The van der Waals surface area contributed by atoms with Crippen molar-refractivity contribution in [1.29, 1.82) is 0 Å². The van der Waals surface area contributed by atoms with Crippen molar-refractivity contribution in [2.45, 2.75) is 4.90 Å². The van der Waals surface area contributed by atoms with Crippen molar-refractivity contribution in [3.05, 3.63) is 29.0 Å². The molecule has 2 aliphatic heterocycles. The summed E-state index contributed by atoms with van der Waals surface area (Å²) < 4.78 is 39.5. The topological polar surface area (TPSA) is 49.4 Å². The number of hydrogen-bond donors (Lipinski definition) is 1. The van der Waals surface area contributed by atoms with Crippen LogP contribution in [0.15, 0.2) is 23.1 Å². The highest BCUT2D eigenvalue weighted by molar-refractivity contribution is 7.89. The fraction of sp³-hybridized carbons (Fsp3) is 0.500. The van der Waals surface area contributed by atoms with Crippen molar-refractivity contribution in [1.82, 2.24) is 9.62 Å². The molecule has 4 nitrogen and oxygen atoms in total. The fourth-order valence-electron chi connectivity index (χ4n) is 2.83. The molecule has 0 aromatic heterocycles. The number of sulfonamides is 1. The molecule has 1 aromatic rings. The lowest BCUT2D eigenvalue weighted by Crippen LogP contribution is -2.32. The number of rotatable bonds is 2. The molecular weight excluding hydrogens is 291 g/mol. The molecule has 0 spiro atoms. The monoisotopic (exact) mass is 304 g/mol. The lowest BCUT2D eigenvalue weighted by molar-refractivity contribution is 0.448. The number of nitrogens with one attached hydrogen (secondary N) is 1. The highest BCUT2D eigenvalue weighted by Crippen LogP contribution is 2.33. The van der Waals surface area contributed by atoms with Crippen LogP contribution in [-0.2, 0) is 10.0 Å². The quantitative estimate of drug-likeness (QED) is 0.896. The van der Waals surface area contributed by atoms with Crippen LogP contribution >= 0.6 is 11.6 Å². The molecule has 2 heterocycles. The molecule has 0 saturated carbocycles. The van der Waals surface area contributed by atoms with Gasteiger partial charge in [0.25, 0.3) is 0 Å². The average Bonchev–Trinajstić information content (AvgIpc) is 2.87. The summed E-state index contributed by atoms with van der Waals surface area (Å²) in [6.07, 6.45) is 0. The minimum Gasteiger partial charge on any atom is -0.316 e. The molecule has 3 rings (SSSR count). The molecule has 2 atom stereocenters. The van der Waals surface area contributed by atoms with Crippen molar-refractivity contribution >= 4 is 21.6 Å². The van der Waals surface area contributed by atoms with Gasteiger partial charge in [-0.3, -0.25) is 0 Å². The third-order valence-corrected chi connectivity index (χ3v) is 6.18. The minimum atomic E-state index is -3.62. The van der Waals surface area contributed by atoms with Crippen LogP contribution in [0.5, 0.6) is 0 Å². The van der Waals surface area contributed by atoms with Crippen molar-refractivity contribution in [3.63, 3.8) is 0 Å². The first kappa shape index (κ1) is 13.3. The van der Waals surface area contributed by atoms with Gasteiger partial charge in [0.2, 0.25) is 10.0 Å². The molecule has 0 bridgehead atoms. The van der Waals surface area contributed by atoms with E-state index in [2.05, 4.69) is 5.32 Å². The lowest BCUT2D eigenvalue weighted by atomic mass is 10.0. The Labute approximate surface area is 116 Å². The van der Waals surface area contributed by atoms with Crippen LogP contribution in [0, 0.1) is 17.7 Å². The third-order valence-electron chi connectivity index (χ3n) is 3.87. The Bertz CT molecular complexity index is 596. The van der Waals surface area contributed by atoms with Gasteiger partial charge in [0.15, 0.2) is 0 Å². The van der Waals surface area contributed by atoms with E-state index >= 15 is 0 Å². The third kappa shape index (κ3) is 2.27. The van der Waals surface area contributed by atoms with E-state index in [1.54, 1.807) is 0 Å². The van der Waals surface area contributed by atoms with E-state index in [1.165, 1.54) is 10.4 Å². The number of halogens is 2. The predicted octanol–water partition coefficient (Wildman–Crippen LogP) is 1.32. The Morgan fingerprint density at radius 1 is 1.26 bits per heavy atom. The van der Waals surface area contributed by atoms with Gasteiger partial charge in [-0.05, 0) is 43.1 Å². The molecule has 7 heteroatoms.